The van der Waals surface area contributed by atoms with Gasteiger partial charge in [0.25, 0.3) is 0 Å². The van der Waals surface area contributed by atoms with Gasteiger partial charge < -0.3 is 0 Å². The SMILES string of the molecule is O=C(c1cc(F)ccc1Br)C1CCCCC1. The van der Waals surface area contributed by atoms with Crippen LogP contribution in [0.25, 0.3) is 0 Å². The molecule has 0 spiro atoms. The van der Waals surface area contributed by atoms with E-state index in [-0.39, 0.29) is 17.5 Å². The zero-order valence-electron chi connectivity index (χ0n) is 9.01. The summed E-state index contributed by atoms with van der Waals surface area (Å²) < 4.78 is 13.8. The van der Waals surface area contributed by atoms with Crippen molar-refractivity contribution >= 4 is 21.7 Å². The molecule has 1 nitrogen and oxygen atoms in total. The number of halogens is 2. The van der Waals surface area contributed by atoms with E-state index in [0.29, 0.717) is 10.0 Å². The summed E-state index contributed by atoms with van der Waals surface area (Å²) in [6.45, 7) is 0. The lowest BCUT2D eigenvalue weighted by molar-refractivity contribution is 0.0888. The Morgan fingerprint density at radius 1 is 1.25 bits per heavy atom. The van der Waals surface area contributed by atoms with Gasteiger partial charge >= 0.3 is 0 Å². The standard InChI is InChI=1S/C13H14BrFO/c14-12-7-6-10(15)8-11(12)13(16)9-4-2-1-3-5-9/h6-9H,1-5H2. The summed E-state index contributed by atoms with van der Waals surface area (Å²) >= 11 is 3.31. The fraction of sp³-hybridized carbons (Fsp3) is 0.462. The minimum absolute atomic E-state index is 0.0890. The first-order valence-corrected chi connectivity index (χ1v) is 6.47. The maximum absolute atomic E-state index is 13.1. The maximum Gasteiger partial charge on any atom is 0.167 e. The first-order chi connectivity index (χ1) is 7.68. The molecule has 0 unspecified atom stereocenters. The lowest BCUT2D eigenvalue weighted by atomic mass is 9.84. The summed E-state index contributed by atoms with van der Waals surface area (Å²) in [4.78, 5) is 12.2. The number of carbonyl (C=O) groups is 1. The molecule has 1 aromatic rings. The van der Waals surface area contributed by atoms with Gasteiger partial charge in [-0.1, -0.05) is 35.2 Å². The normalized spacial score (nSPS) is 17.4. The van der Waals surface area contributed by atoms with Crippen molar-refractivity contribution < 1.29 is 9.18 Å². The largest absolute Gasteiger partial charge is 0.294 e. The highest BCUT2D eigenvalue weighted by atomic mass is 79.9. The van der Waals surface area contributed by atoms with Crippen LogP contribution in [-0.2, 0) is 0 Å². The number of hydrogen-bond donors (Lipinski definition) is 0. The van der Waals surface area contributed by atoms with Crippen LogP contribution in [0.5, 0.6) is 0 Å². The lowest BCUT2D eigenvalue weighted by Crippen LogP contribution is -2.18. The van der Waals surface area contributed by atoms with Crippen molar-refractivity contribution in [2.24, 2.45) is 5.92 Å². The first-order valence-electron chi connectivity index (χ1n) is 5.68. The minimum atomic E-state index is -0.345. The van der Waals surface area contributed by atoms with Crippen LogP contribution in [0.2, 0.25) is 0 Å². The molecule has 0 atom stereocenters. The van der Waals surface area contributed by atoms with Gasteiger partial charge in [-0.25, -0.2) is 4.39 Å². The summed E-state index contributed by atoms with van der Waals surface area (Å²) in [7, 11) is 0. The quantitative estimate of drug-likeness (QED) is 0.738. The fourth-order valence-electron chi connectivity index (χ4n) is 2.27. The van der Waals surface area contributed by atoms with E-state index in [4.69, 9.17) is 0 Å². The highest BCUT2D eigenvalue weighted by Gasteiger charge is 2.24. The summed E-state index contributed by atoms with van der Waals surface area (Å²) in [5.74, 6) is -0.166. The van der Waals surface area contributed by atoms with Crippen molar-refractivity contribution in [1.29, 1.82) is 0 Å². The molecule has 1 fully saturated rings. The predicted octanol–water partition coefficient (Wildman–Crippen LogP) is 4.35. The molecule has 1 saturated carbocycles. The van der Waals surface area contributed by atoms with Crippen LogP contribution in [0, 0.1) is 11.7 Å². The van der Waals surface area contributed by atoms with Crippen LogP contribution in [-0.4, -0.2) is 5.78 Å². The number of Topliss-reactive ketones (excluding diaryl/α,β-unsaturated/α-hetero) is 1. The van der Waals surface area contributed by atoms with E-state index in [2.05, 4.69) is 15.9 Å². The van der Waals surface area contributed by atoms with Gasteiger partial charge in [-0.3, -0.25) is 4.79 Å². The third-order valence-electron chi connectivity index (χ3n) is 3.17. The molecule has 1 aliphatic carbocycles. The Hall–Kier alpha value is -0.700. The van der Waals surface area contributed by atoms with Gasteiger partial charge in [0.05, 0.1) is 0 Å². The third-order valence-corrected chi connectivity index (χ3v) is 3.86. The Balaban J connectivity index is 2.22. The highest BCUT2D eigenvalue weighted by molar-refractivity contribution is 9.10. The van der Waals surface area contributed by atoms with Gasteiger partial charge in [0.15, 0.2) is 5.78 Å². The summed E-state index contributed by atoms with van der Waals surface area (Å²) in [5, 5.41) is 0. The van der Waals surface area contributed by atoms with Crippen LogP contribution >= 0.6 is 15.9 Å². The minimum Gasteiger partial charge on any atom is -0.294 e. The van der Waals surface area contributed by atoms with E-state index in [1.165, 1.54) is 18.6 Å². The van der Waals surface area contributed by atoms with Gasteiger partial charge in [-0.2, -0.15) is 0 Å². The van der Waals surface area contributed by atoms with Crippen molar-refractivity contribution in [2.75, 3.05) is 0 Å². The summed E-state index contributed by atoms with van der Waals surface area (Å²) in [6, 6.07) is 4.30. The molecule has 0 N–H and O–H groups in total. The Morgan fingerprint density at radius 2 is 1.94 bits per heavy atom. The second kappa shape index (κ2) is 5.09. The maximum atomic E-state index is 13.1. The number of ketones is 1. The Labute approximate surface area is 103 Å². The van der Waals surface area contributed by atoms with E-state index in [0.717, 1.165) is 25.7 Å². The Bertz CT molecular complexity index is 397. The molecule has 1 aromatic carbocycles. The molecule has 0 heterocycles. The predicted molar refractivity (Wildman–Crippen MR) is 65.0 cm³/mol. The topological polar surface area (TPSA) is 17.1 Å². The second-order valence-electron chi connectivity index (χ2n) is 4.32. The molecule has 1 aliphatic rings. The molecule has 3 heteroatoms. The molecule has 0 bridgehead atoms. The van der Waals surface area contributed by atoms with E-state index in [1.807, 2.05) is 0 Å². The molecular formula is C13H14BrFO. The van der Waals surface area contributed by atoms with E-state index in [1.54, 1.807) is 6.07 Å². The average molecular weight is 285 g/mol. The molecular weight excluding hydrogens is 271 g/mol. The average Bonchev–Trinajstić information content (AvgIpc) is 2.32. The van der Waals surface area contributed by atoms with E-state index >= 15 is 0 Å². The summed E-state index contributed by atoms with van der Waals surface area (Å²) in [6.07, 6.45) is 5.34. The molecule has 0 aromatic heterocycles. The monoisotopic (exact) mass is 284 g/mol. The molecule has 0 aliphatic heterocycles. The van der Waals surface area contributed by atoms with Gasteiger partial charge in [0, 0.05) is 16.0 Å². The number of carbonyl (C=O) groups excluding carboxylic acids is 1. The molecule has 0 amide bonds. The zero-order valence-corrected chi connectivity index (χ0v) is 10.6. The fourth-order valence-corrected chi connectivity index (χ4v) is 2.71. The van der Waals surface area contributed by atoms with Gasteiger partial charge in [-0.15, -0.1) is 0 Å². The lowest BCUT2D eigenvalue weighted by Gasteiger charge is -2.20. The molecule has 0 saturated heterocycles. The Kier molecular flexibility index (Phi) is 3.74. The Morgan fingerprint density at radius 3 is 2.62 bits per heavy atom. The van der Waals surface area contributed by atoms with E-state index in [9.17, 15) is 9.18 Å². The molecule has 16 heavy (non-hydrogen) atoms. The zero-order chi connectivity index (χ0) is 11.5. The van der Waals surface area contributed by atoms with E-state index < -0.39 is 0 Å². The number of benzene rings is 1. The van der Waals surface area contributed by atoms with Crippen LogP contribution in [0.15, 0.2) is 22.7 Å². The molecule has 2 rings (SSSR count). The van der Waals surface area contributed by atoms with Gasteiger partial charge in [0.1, 0.15) is 5.82 Å². The van der Waals surface area contributed by atoms with Crippen molar-refractivity contribution in [3.05, 3.63) is 34.1 Å². The number of rotatable bonds is 2. The number of hydrogen-bond acceptors (Lipinski definition) is 1. The van der Waals surface area contributed by atoms with Crippen LogP contribution in [0.4, 0.5) is 4.39 Å². The van der Waals surface area contributed by atoms with Crippen LogP contribution in [0.1, 0.15) is 42.5 Å². The molecule has 86 valence electrons. The van der Waals surface area contributed by atoms with Crippen molar-refractivity contribution in [1.82, 2.24) is 0 Å². The smallest absolute Gasteiger partial charge is 0.167 e. The third kappa shape index (κ3) is 2.51. The highest BCUT2D eigenvalue weighted by Crippen LogP contribution is 2.29. The van der Waals surface area contributed by atoms with Gasteiger partial charge in [-0.05, 0) is 31.0 Å². The second-order valence-corrected chi connectivity index (χ2v) is 5.18. The van der Waals surface area contributed by atoms with Crippen LogP contribution < -0.4 is 0 Å². The van der Waals surface area contributed by atoms with Crippen molar-refractivity contribution in [3.8, 4) is 0 Å². The molecule has 0 radical (unpaired) electrons. The van der Waals surface area contributed by atoms with Crippen molar-refractivity contribution in [2.45, 2.75) is 32.1 Å². The van der Waals surface area contributed by atoms with Gasteiger partial charge in [0.2, 0.25) is 0 Å². The summed E-state index contributed by atoms with van der Waals surface area (Å²) in [5.41, 5.74) is 0.493. The first kappa shape index (κ1) is 11.8. The van der Waals surface area contributed by atoms with Crippen molar-refractivity contribution in [3.63, 3.8) is 0 Å². The van der Waals surface area contributed by atoms with Crippen LogP contribution in [0.3, 0.4) is 0 Å².